The van der Waals surface area contributed by atoms with Crippen molar-refractivity contribution in [3.05, 3.63) is 42.1 Å². The molecule has 0 saturated carbocycles. The van der Waals surface area contributed by atoms with Crippen LogP contribution in [-0.2, 0) is 16.0 Å². The molecule has 2 aromatic carbocycles. The second kappa shape index (κ2) is 12.4. The van der Waals surface area contributed by atoms with E-state index in [0.717, 1.165) is 45.6 Å². The van der Waals surface area contributed by atoms with Crippen LogP contribution in [0.2, 0.25) is 0 Å². The molecule has 0 N–H and O–H groups in total. The molecule has 3 aromatic rings. The first-order valence-electron chi connectivity index (χ1n) is 13.2. The minimum Gasteiger partial charge on any atom is -0.493 e. The zero-order valence-electron chi connectivity index (χ0n) is 24.1. The van der Waals surface area contributed by atoms with Gasteiger partial charge in [0.25, 0.3) is 0 Å². The Hall–Kier alpha value is -3.48. The Balaban J connectivity index is 2.03. The average molecular weight is 524 g/mol. The number of fused-ring (bicyclic) bond motifs is 1. The van der Waals surface area contributed by atoms with E-state index >= 15 is 0 Å². The summed E-state index contributed by atoms with van der Waals surface area (Å²) in [5.41, 5.74) is 2.09. The van der Waals surface area contributed by atoms with E-state index in [4.69, 9.17) is 28.7 Å². The third-order valence-electron chi connectivity index (χ3n) is 5.61. The van der Waals surface area contributed by atoms with Gasteiger partial charge in [0.05, 0.1) is 30.4 Å². The van der Waals surface area contributed by atoms with Crippen LogP contribution >= 0.6 is 0 Å². The van der Waals surface area contributed by atoms with Crippen molar-refractivity contribution in [3.8, 4) is 34.3 Å². The molecule has 0 aliphatic heterocycles. The number of methoxy groups -OCH3 is 1. The summed E-state index contributed by atoms with van der Waals surface area (Å²) in [5.74, 6) is 2.33. The molecular formula is C31H41NO6. The minimum absolute atomic E-state index is 0.0197. The first-order chi connectivity index (χ1) is 17.9. The molecule has 0 fully saturated rings. The summed E-state index contributed by atoms with van der Waals surface area (Å²) in [6.45, 7) is 15.9. The molecule has 3 rings (SSSR count). The highest BCUT2D eigenvalue weighted by Gasteiger charge is 2.23. The number of nitrogens with zero attached hydrogens (tertiary/aromatic N) is 1. The van der Waals surface area contributed by atoms with Crippen molar-refractivity contribution in [1.82, 2.24) is 4.98 Å². The molecule has 0 radical (unpaired) electrons. The topological polar surface area (TPSA) is 76.1 Å². The van der Waals surface area contributed by atoms with Gasteiger partial charge < -0.3 is 23.7 Å². The maximum atomic E-state index is 12.1. The van der Waals surface area contributed by atoms with E-state index in [0.29, 0.717) is 11.5 Å². The normalized spacial score (nSPS) is 11.7. The molecule has 0 saturated heterocycles. The van der Waals surface area contributed by atoms with Crippen molar-refractivity contribution in [2.24, 2.45) is 5.41 Å². The van der Waals surface area contributed by atoms with Crippen LogP contribution in [0.5, 0.6) is 23.0 Å². The first kappa shape index (κ1) is 29.1. The van der Waals surface area contributed by atoms with E-state index < -0.39 is 5.41 Å². The summed E-state index contributed by atoms with van der Waals surface area (Å²) in [6, 6.07) is 11.8. The van der Waals surface area contributed by atoms with Gasteiger partial charge >= 0.3 is 5.97 Å². The molecule has 0 atom stereocenters. The minimum atomic E-state index is -0.557. The summed E-state index contributed by atoms with van der Waals surface area (Å²) in [6.07, 6.45) is 0.809. The Labute approximate surface area is 226 Å². The molecule has 1 heterocycles. The van der Waals surface area contributed by atoms with Crippen LogP contribution in [-0.4, -0.2) is 43.5 Å². The van der Waals surface area contributed by atoms with Crippen LogP contribution in [0.3, 0.4) is 0 Å². The SMILES string of the molecule is CCc1cc2cc(OCCOC(=O)C(C)(C)C)c(OC)cc2c(-c2cc(OC(C)C)cc(OC(C)C)c2)n1. The molecule has 0 aliphatic carbocycles. The van der Waals surface area contributed by atoms with Gasteiger partial charge in [-0.25, -0.2) is 0 Å². The number of esters is 1. The second-order valence-electron chi connectivity index (χ2n) is 10.8. The second-order valence-corrected chi connectivity index (χ2v) is 10.8. The highest BCUT2D eigenvalue weighted by Crippen LogP contribution is 2.39. The van der Waals surface area contributed by atoms with E-state index in [9.17, 15) is 4.79 Å². The summed E-state index contributed by atoms with van der Waals surface area (Å²) in [5, 5.41) is 1.89. The maximum absolute atomic E-state index is 12.1. The van der Waals surface area contributed by atoms with Crippen LogP contribution in [0.25, 0.3) is 22.0 Å². The molecule has 0 aliphatic rings. The molecule has 0 amide bonds. The van der Waals surface area contributed by atoms with Crippen LogP contribution in [0.1, 0.15) is 61.1 Å². The summed E-state index contributed by atoms with van der Waals surface area (Å²) in [7, 11) is 1.60. The van der Waals surface area contributed by atoms with Gasteiger partial charge in [-0.05, 0) is 90.6 Å². The van der Waals surface area contributed by atoms with Gasteiger partial charge in [-0.15, -0.1) is 0 Å². The van der Waals surface area contributed by atoms with Crippen LogP contribution in [0.15, 0.2) is 36.4 Å². The molecule has 1 aromatic heterocycles. The molecule has 38 heavy (non-hydrogen) atoms. The van der Waals surface area contributed by atoms with Crippen molar-refractivity contribution in [2.45, 2.75) is 74.0 Å². The average Bonchev–Trinajstić information content (AvgIpc) is 2.83. The highest BCUT2D eigenvalue weighted by atomic mass is 16.6. The number of rotatable bonds is 11. The smallest absolute Gasteiger partial charge is 0.311 e. The lowest BCUT2D eigenvalue weighted by atomic mass is 9.97. The molecule has 0 spiro atoms. The Morgan fingerprint density at radius 1 is 0.868 bits per heavy atom. The fraction of sp³-hybridized carbons (Fsp3) is 0.484. The molecule has 7 heteroatoms. The third-order valence-corrected chi connectivity index (χ3v) is 5.61. The van der Waals surface area contributed by atoms with Crippen molar-refractivity contribution in [1.29, 1.82) is 0 Å². The monoisotopic (exact) mass is 523 g/mol. The van der Waals surface area contributed by atoms with Gasteiger partial charge in [0.2, 0.25) is 0 Å². The Morgan fingerprint density at radius 3 is 2.03 bits per heavy atom. The fourth-order valence-corrected chi connectivity index (χ4v) is 3.88. The van der Waals surface area contributed by atoms with Crippen molar-refractivity contribution in [2.75, 3.05) is 20.3 Å². The number of pyridine rings is 1. The Kier molecular flexibility index (Phi) is 9.47. The summed E-state index contributed by atoms with van der Waals surface area (Å²) in [4.78, 5) is 17.0. The van der Waals surface area contributed by atoms with Crippen LogP contribution in [0.4, 0.5) is 0 Å². The summed E-state index contributed by atoms with van der Waals surface area (Å²) >= 11 is 0. The molecule has 0 unspecified atom stereocenters. The number of carbonyl (C=O) groups is 1. The van der Waals surface area contributed by atoms with Gasteiger partial charge in [-0.1, -0.05) is 6.92 Å². The fourth-order valence-electron chi connectivity index (χ4n) is 3.88. The zero-order chi connectivity index (χ0) is 28.0. The molecule has 206 valence electrons. The van der Waals surface area contributed by atoms with E-state index in [-0.39, 0.29) is 31.4 Å². The number of carbonyl (C=O) groups excluding carboxylic acids is 1. The van der Waals surface area contributed by atoms with Crippen LogP contribution in [0, 0.1) is 5.41 Å². The Morgan fingerprint density at radius 2 is 1.50 bits per heavy atom. The lowest BCUT2D eigenvalue weighted by molar-refractivity contribution is -0.153. The predicted molar refractivity (Wildman–Crippen MR) is 151 cm³/mol. The largest absolute Gasteiger partial charge is 0.493 e. The van der Waals surface area contributed by atoms with E-state index in [2.05, 4.69) is 13.0 Å². The quantitative estimate of drug-likeness (QED) is 0.197. The van der Waals surface area contributed by atoms with E-state index in [1.807, 2.05) is 78.8 Å². The van der Waals surface area contributed by atoms with E-state index in [1.165, 1.54) is 0 Å². The van der Waals surface area contributed by atoms with Crippen molar-refractivity contribution >= 4 is 16.7 Å². The number of aromatic nitrogens is 1. The van der Waals surface area contributed by atoms with Gasteiger partial charge in [-0.3, -0.25) is 9.78 Å². The maximum Gasteiger partial charge on any atom is 0.311 e. The van der Waals surface area contributed by atoms with Crippen LogP contribution < -0.4 is 18.9 Å². The number of hydrogen-bond acceptors (Lipinski definition) is 7. The third kappa shape index (κ3) is 7.53. The van der Waals surface area contributed by atoms with Gasteiger partial charge in [-0.2, -0.15) is 0 Å². The first-order valence-corrected chi connectivity index (χ1v) is 13.2. The van der Waals surface area contributed by atoms with Gasteiger partial charge in [0, 0.05) is 22.7 Å². The van der Waals surface area contributed by atoms with Gasteiger partial charge in [0.1, 0.15) is 24.7 Å². The van der Waals surface area contributed by atoms with E-state index in [1.54, 1.807) is 7.11 Å². The lowest BCUT2D eigenvalue weighted by Crippen LogP contribution is -2.24. The molecular weight excluding hydrogens is 482 g/mol. The highest BCUT2D eigenvalue weighted by molar-refractivity contribution is 5.97. The van der Waals surface area contributed by atoms with Crippen molar-refractivity contribution in [3.63, 3.8) is 0 Å². The zero-order valence-corrected chi connectivity index (χ0v) is 24.1. The summed E-state index contributed by atoms with van der Waals surface area (Å²) < 4.78 is 29.1. The molecule has 7 nitrogen and oxygen atoms in total. The number of hydrogen-bond donors (Lipinski definition) is 0. The standard InChI is InChI=1S/C31H41NO6/c1-10-23-13-21-16-28(35-11-12-36-30(33)31(6,7)8)27(34-9)18-26(21)29(32-23)22-14-24(37-19(2)3)17-25(15-22)38-20(4)5/h13-20H,10-12H2,1-9H3. The van der Waals surface area contributed by atoms with Crippen molar-refractivity contribution < 1.29 is 28.5 Å². The lowest BCUT2D eigenvalue weighted by Gasteiger charge is -2.18. The number of ether oxygens (including phenoxy) is 5. The predicted octanol–water partition coefficient (Wildman–Crippen LogP) is 7.02. The number of aryl methyl sites for hydroxylation is 1. The Bertz CT molecular complexity index is 1230. The molecule has 0 bridgehead atoms. The number of benzene rings is 2. The van der Waals surface area contributed by atoms with Gasteiger partial charge in [0.15, 0.2) is 11.5 Å².